The maximum absolute atomic E-state index is 6.41. The first-order valence-electron chi connectivity index (χ1n) is 8.81. The molecule has 1 aromatic heterocycles. The largest absolute Gasteiger partial charge is 0.367 e. The summed E-state index contributed by atoms with van der Waals surface area (Å²) in [6, 6.07) is 6.52. The fourth-order valence-corrected chi connectivity index (χ4v) is 4.80. The van der Waals surface area contributed by atoms with Gasteiger partial charge in [-0.3, -0.25) is 4.90 Å². The fraction of sp³-hybridized carbons (Fsp3) is 0.611. The lowest BCUT2D eigenvalue weighted by Gasteiger charge is -2.41. The number of hydrogen-bond donors (Lipinski definition) is 1. The molecule has 0 spiro atoms. The van der Waals surface area contributed by atoms with Gasteiger partial charge in [0.2, 0.25) is 5.82 Å². The lowest BCUT2D eigenvalue weighted by atomic mass is 9.69. The third-order valence-corrected chi connectivity index (χ3v) is 6.11. The number of H-pyrrole nitrogens is 1. The van der Waals surface area contributed by atoms with E-state index in [4.69, 9.17) is 4.74 Å². The van der Waals surface area contributed by atoms with Gasteiger partial charge in [-0.25, -0.2) is 0 Å². The third kappa shape index (κ3) is 2.20. The van der Waals surface area contributed by atoms with Crippen LogP contribution in [-0.4, -0.2) is 49.8 Å². The molecule has 2 saturated heterocycles. The number of fused-ring (bicyclic) bond motifs is 2. The van der Waals surface area contributed by atoms with Crippen molar-refractivity contribution < 1.29 is 4.74 Å². The van der Waals surface area contributed by atoms with Crippen LogP contribution in [0.15, 0.2) is 18.2 Å². The van der Waals surface area contributed by atoms with E-state index in [0.29, 0.717) is 5.82 Å². The van der Waals surface area contributed by atoms with Gasteiger partial charge in [-0.2, -0.15) is 5.21 Å². The van der Waals surface area contributed by atoms with Crippen LogP contribution in [0.2, 0.25) is 0 Å². The van der Waals surface area contributed by atoms with Crippen molar-refractivity contribution in [3.8, 4) is 11.4 Å². The molecule has 0 radical (unpaired) electrons. The minimum atomic E-state index is 0.0689. The van der Waals surface area contributed by atoms with Crippen LogP contribution in [0, 0.1) is 5.92 Å². The van der Waals surface area contributed by atoms with Crippen LogP contribution in [-0.2, 0) is 17.7 Å². The normalized spacial score (nSPS) is 30.8. The summed E-state index contributed by atoms with van der Waals surface area (Å²) < 4.78 is 6.41. The van der Waals surface area contributed by atoms with Gasteiger partial charge in [-0.15, -0.1) is 10.2 Å². The SMILES string of the molecule is CC1(C)OC2(CN3CCc4ccc(-c5nn[nH]n5)cc4C3)CC1C2. The summed E-state index contributed by atoms with van der Waals surface area (Å²) >= 11 is 0. The van der Waals surface area contributed by atoms with E-state index in [1.165, 1.54) is 24.0 Å². The number of nitrogens with one attached hydrogen (secondary N) is 1. The van der Waals surface area contributed by atoms with Gasteiger partial charge in [0.05, 0.1) is 11.2 Å². The van der Waals surface area contributed by atoms with Gasteiger partial charge in [-0.1, -0.05) is 12.1 Å². The highest BCUT2D eigenvalue weighted by atomic mass is 16.5. The van der Waals surface area contributed by atoms with E-state index in [0.717, 1.165) is 37.5 Å². The zero-order valence-corrected chi connectivity index (χ0v) is 14.2. The minimum absolute atomic E-state index is 0.0689. The van der Waals surface area contributed by atoms with Crippen molar-refractivity contribution in [2.45, 2.75) is 50.9 Å². The predicted octanol–water partition coefficient (Wildman–Crippen LogP) is 2.18. The summed E-state index contributed by atoms with van der Waals surface area (Å²) in [6.45, 7) is 7.64. The Labute approximate surface area is 141 Å². The molecule has 126 valence electrons. The Hall–Kier alpha value is -1.79. The maximum atomic E-state index is 6.41. The van der Waals surface area contributed by atoms with Crippen LogP contribution in [0.4, 0.5) is 0 Å². The zero-order valence-electron chi connectivity index (χ0n) is 14.2. The highest BCUT2D eigenvalue weighted by Gasteiger charge is 2.61. The lowest BCUT2D eigenvalue weighted by molar-refractivity contribution is -0.0749. The molecule has 6 rings (SSSR count). The van der Waals surface area contributed by atoms with Gasteiger partial charge in [0.1, 0.15) is 0 Å². The molecule has 1 aliphatic carbocycles. The van der Waals surface area contributed by atoms with E-state index >= 15 is 0 Å². The third-order valence-electron chi connectivity index (χ3n) is 6.11. The molecular formula is C18H23N5O. The Bertz CT molecular complexity index is 764. The number of aromatic amines is 1. The van der Waals surface area contributed by atoms with E-state index in [1.807, 2.05) is 0 Å². The molecule has 0 amide bonds. The van der Waals surface area contributed by atoms with Crippen molar-refractivity contribution in [2.24, 2.45) is 5.92 Å². The van der Waals surface area contributed by atoms with Crippen molar-refractivity contribution in [2.75, 3.05) is 13.1 Å². The molecule has 1 saturated carbocycles. The summed E-state index contributed by atoms with van der Waals surface area (Å²) in [4.78, 5) is 2.56. The molecule has 6 nitrogen and oxygen atoms in total. The van der Waals surface area contributed by atoms with E-state index in [2.05, 4.69) is 57.6 Å². The lowest BCUT2D eigenvalue weighted by Crippen LogP contribution is -2.48. The molecule has 4 heterocycles. The molecule has 1 N–H and O–H groups in total. The molecule has 4 aliphatic rings. The minimum Gasteiger partial charge on any atom is -0.367 e. The number of nitrogens with zero attached hydrogens (tertiary/aromatic N) is 4. The van der Waals surface area contributed by atoms with Crippen LogP contribution in [0.5, 0.6) is 0 Å². The van der Waals surface area contributed by atoms with Crippen LogP contribution in [0.1, 0.15) is 37.8 Å². The second-order valence-corrected chi connectivity index (χ2v) is 8.17. The van der Waals surface area contributed by atoms with Gasteiger partial charge in [0.25, 0.3) is 0 Å². The molecule has 6 heteroatoms. The highest BCUT2D eigenvalue weighted by Crippen LogP contribution is 2.57. The number of tetrazole rings is 1. The quantitative estimate of drug-likeness (QED) is 0.937. The van der Waals surface area contributed by atoms with E-state index in [9.17, 15) is 0 Å². The summed E-state index contributed by atoms with van der Waals surface area (Å²) in [5.41, 5.74) is 4.03. The first kappa shape index (κ1) is 14.5. The van der Waals surface area contributed by atoms with Crippen molar-refractivity contribution >= 4 is 0 Å². The Balaban J connectivity index is 1.34. The second kappa shape index (κ2) is 4.86. The van der Waals surface area contributed by atoms with Crippen molar-refractivity contribution in [3.05, 3.63) is 29.3 Å². The average Bonchev–Trinajstić information content (AvgIpc) is 3.18. The van der Waals surface area contributed by atoms with Crippen LogP contribution >= 0.6 is 0 Å². The molecule has 1 aromatic carbocycles. The average molecular weight is 325 g/mol. The highest BCUT2D eigenvalue weighted by molar-refractivity contribution is 5.56. The van der Waals surface area contributed by atoms with Gasteiger partial charge in [-0.05, 0) is 61.4 Å². The Kier molecular flexibility index (Phi) is 2.95. The number of aromatic nitrogens is 4. The summed E-state index contributed by atoms with van der Waals surface area (Å²) in [5, 5.41) is 14.4. The van der Waals surface area contributed by atoms with Gasteiger partial charge in [0, 0.05) is 25.2 Å². The smallest absolute Gasteiger partial charge is 0.204 e. The fourth-order valence-electron chi connectivity index (χ4n) is 4.80. The zero-order chi connectivity index (χ0) is 16.4. The van der Waals surface area contributed by atoms with Crippen molar-refractivity contribution in [1.29, 1.82) is 0 Å². The number of hydrogen-bond acceptors (Lipinski definition) is 5. The standard InChI is InChI=1S/C18H23N5O/c1-17(2)15-8-18(9-15,24-17)11-23-6-5-12-3-4-13(7-14(12)10-23)16-19-21-22-20-16/h3-4,7,15H,5-6,8-11H2,1-2H3,(H,19,20,21,22). The van der Waals surface area contributed by atoms with Crippen LogP contribution < -0.4 is 0 Å². The summed E-state index contributed by atoms with van der Waals surface area (Å²) in [7, 11) is 0. The molecule has 2 bridgehead atoms. The van der Waals surface area contributed by atoms with Crippen LogP contribution in [0.25, 0.3) is 11.4 Å². The second-order valence-electron chi connectivity index (χ2n) is 8.17. The summed E-state index contributed by atoms with van der Waals surface area (Å²) in [6.07, 6.45) is 3.56. The van der Waals surface area contributed by atoms with Gasteiger partial charge < -0.3 is 4.74 Å². The van der Waals surface area contributed by atoms with E-state index in [-0.39, 0.29) is 11.2 Å². The molecule has 24 heavy (non-hydrogen) atoms. The first-order valence-corrected chi connectivity index (χ1v) is 8.81. The van der Waals surface area contributed by atoms with Gasteiger partial charge in [0.15, 0.2) is 0 Å². The monoisotopic (exact) mass is 325 g/mol. The Morgan fingerprint density at radius 3 is 2.88 bits per heavy atom. The van der Waals surface area contributed by atoms with Crippen molar-refractivity contribution in [3.63, 3.8) is 0 Å². The van der Waals surface area contributed by atoms with E-state index < -0.39 is 0 Å². The van der Waals surface area contributed by atoms with Crippen LogP contribution in [0.3, 0.4) is 0 Å². The molecule has 2 aromatic rings. The maximum Gasteiger partial charge on any atom is 0.204 e. The predicted molar refractivity (Wildman–Crippen MR) is 89.2 cm³/mol. The van der Waals surface area contributed by atoms with Gasteiger partial charge >= 0.3 is 0 Å². The molecule has 3 fully saturated rings. The molecule has 0 unspecified atom stereocenters. The molecule has 3 aliphatic heterocycles. The number of benzene rings is 1. The Morgan fingerprint density at radius 1 is 1.29 bits per heavy atom. The number of rotatable bonds is 3. The molecular weight excluding hydrogens is 302 g/mol. The molecule has 0 atom stereocenters. The number of ether oxygens (including phenoxy) is 1. The first-order chi connectivity index (χ1) is 11.5. The van der Waals surface area contributed by atoms with Crippen molar-refractivity contribution in [1.82, 2.24) is 25.5 Å². The van der Waals surface area contributed by atoms with E-state index in [1.54, 1.807) is 0 Å². The Morgan fingerprint density at radius 2 is 2.17 bits per heavy atom. The topological polar surface area (TPSA) is 66.9 Å². The summed E-state index contributed by atoms with van der Waals surface area (Å²) in [5.74, 6) is 1.41.